The molecule has 0 aliphatic rings. The number of halogens is 1. The van der Waals surface area contributed by atoms with Gasteiger partial charge in [0.05, 0.1) is 6.07 Å². The second-order valence-corrected chi connectivity index (χ2v) is 5.07. The molecule has 2 aromatic carbocycles. The van der Waals surface area contributed by atoms with Gasteiger partial charge in [0.25, 0.3) is 0 Å². The van der Waals surface area contributed by atoms with Crippen LogP contribution in [0.2, 0.25) is 0 Å². The first-order valence-corrected chi connectivity index (χ1v) is 7.48. The number of hydrogen-bond acceptors (Lipinski definition) is 4. The molecule has 0 saturated heterocycles. The van der Waals surface area contributed by atoms with E-state index in [1.165, 1.54) is 18.2 Å². The lowest BCUT2D eigenvalue weighted by Gasteiger charge is -2.13. The topological polar surface area (TPSA) is 91.2 Å². The Kier molecular flexibility index (Phi) is 6.48. The molecule has 0 aromatic heterocycles. The van der Waals surface area contributed by atoms with E-state index in [1.54, 1.807) is 18.2 Å². The van der Waals surface area contributed by atoms with Gasteiger partial charge in [-0.3, -0.25) is 4.79 Å². The molecular weight excluding hydrogens is 325 g/mol. The minimum absolute atomic E-state index is 0.0602. The molecule has 0 aliphatic carbocycles. The van der Waals surface area contributed by atoms with Gasteiger partial charge in [0, 0.05) is 5.56 Å². The molecule has 2 amide bonds. The Labute approximate surface area is 144 Å². The number of rotatable bonds is 6. The van der Waals surface area contributed by atoms with Gasteiger partial charge in [-0.05, 0) is 11.6 Å². The van der Waals surface area contributed by atoms with Crippen LogP contribution in [0.25, 0.3) is 0 Å². The summed E-state index contributed by atoms with van der Waals surface area (Å²) in [5, 5.41) is 13.7. The number of hydrogen-bond donors (Lipinski definition) is 2. The van der Waals surface area contributed by atoms with E-state index in [4.69, 9.17) is 10.00 Å². The Bertz CT molecular complexity index is 775. The molecule has 0 aliphatic heterocycles. The van der Waals surface area contributed by atoms with Crippen molar-refractivity contribution in [1.82, 2.24) is 10.6 Å². The molecule has 0 fully saturated rings. The highest BCUT2D eigenvalue weighted by atomic mass is 19.1. The fraction of sp³-hybridized carbons (Fsp3) is 0.167. The van der Waals surface area contributed by atoms with Gasteiger partial charge in [-0.2, -0.15) is 5.26 Å². The van der Waals surface area contributed by atoms with Crippen molar-refractivity contribution in [3.8, 4) is 6.07 Å². The largest absolute Gasteiger partial charge is 0.445 e. The smallest absolute Gasteiger partial charge is 0.407 e. The number of nitrogens with zero attached hydrogens (tertiary/aromatic N) is 1. The van der Waals surface area contributed by atoms with E-state index in [0.29, 0.717) is 0 Å². The van der Waals surface area contributed by atoms with Crippen molar-refractivity contribution >= 4 is 12.0 Å². The van der Waals surface area contributed by atoms with Crippen LogP contribution in [0.5, 0.6) is 0 Å². The monoisotopic (exact) mass is 341 g/mol. The van der Waals surface area contributed by atoms with E-state index in [2.05, 4.69) is 10.6 Å². The lowest BCUT2D eigenvalue weighted by atomic mass is 10.1. The molecule has 0 spiro atoms. The highest BCUT2D eigenvalue weighted by Crippen LogP contribution is 2.15. The number of amides is 2. The molecule has 0 bridgehead atoms. The van der Waals surface area contributed by atoms with Crippen LogP contribution in [-0.2, 0) is 16.1 Å². The van der Waals surface area contributed by atoms with Crippen molar-refractivity contribution in [2.24, 2.45) is 0 Å². The van der Waals surface area contributed by atoms with Crippen LogP contribution in [0.3, 0.4) is 0 Å². The maximum atomic E-state index is 13.7. The van der Waals surface area contributed by atoms with Crippen LogP contribution < -0.4 is 10.6 Å². The first kappa shape index (κ1) is 17.9. The average molecular weight is 341 g/mol. The standard InChI is InChI=1S/C18H16FN3O3/c19-15-9-5-4-8-14(15)16(10-20)22-17(23)11-21-18(24)25-12-13-6-2-1-3-7-13/h1-9,16H,11-12H2,(H,21,24)(H,22,23). The van der Waals surface area contributed by atoms with Crippen molar-refractivity contribution in [1.29, 1.82) is 5.26 Å². The maximum Gasteiger partial charge on any atom is 0.407 e. The third-order valence-corrected chi connectivity index (χ3v) is 3.26. The lowest BCUT2D eigenvalue weighted by molar-refractivity contribution is -0.120. The molecule has 2 N–H and O–H groups in total. The van der Waals surface area contributed by atoms with E-state index in [1.807, 2.05) is 24.3 Å². The maximum absolute atomic E-state index is 13.7. The Morgan fingerprint density at radius 1 is 1.12 bits per heavy atom. The molecule has 2 rings (SSSR count). The summed E-state index contributed by atoms with van der Waals surface area (Å²) in [4.78, 5) is 23.4. The summed E-state index contributed by atoms with van der Waals surface area (Å²) >= 11 is 0. The van der Waals surface area contributed by atoms with Crippen molar-refractivity contribution < 1.29 is 18.7 Å². The third kappa shape index (κ3) is 5.62. The molecule has 7 heteroatoms. The second-order valence-electron chi connectivity index (χ2n) is 5.07. The molecule has 2 aromatic rings. The van der Waals surface area contributed by atoms with E-state index in [0.717, 1.165) is 5.56 Å². The van der Waals surface area contributed by atoms with Crippen LogP contribution in [0.15, 0.2) is 54.6 Å². The fourth-order valence-electron chi connectivity index (χ4n) is 2.03. The van der Waals surface area contributed by atoms with Crippen molar-refractivity contribution in [3.63, 3.8) is 0 Å². The summed E-state index contributed by atoms with van der Waals surface area (Å²) in [6.07, 6.45) is -0.765. The quantitative estimate of drug-likeness (QED) is 0.844. The molecule has 1 atom stereocenters. The zero-order valence-corrected chi connectivity index (χ0v) is 13.2. The number of carbonyl (C=O) groups excluding carboxylic acids is 2. The first-order valence-electron chi connectivity index (χ1n) is 7.48. The van der Waals surface area contributed by atoms with Gasteiger partial charge in [0.2, 0.25) is 5.91 Å². The Hall–Kier alpha value is -3.40. The van der Waals surface area contributed by atoms with Gasteiger partial charge in [0.1, 0.15) is 25.0 Å². The molecular formula is C18H16FN3O3. The summed E-state index contributed by atoms with van der Waals surface area (Å²) in [5.41, 5.74) is 0.871. The minimum atomic E-state index is -1.14. The SMILES string of the molecule is N#CC(NC(=O)CNC(=O)OCc1ccccc1)c1ccccc1F. The van der Waals surface area contributed by atoms with Crippen LogP contribution in [0, 0.1) is 17.1 Å². The third-order valence-electron chi connectivity index (χ3n) is 3.26. The average Bonchev–Trinajstić information content (AvgIpc) is 2.64. The van der Waals surface area contributed by atoms with Crippen LogP contribution in [0.4, 0.5) is 9.18 Å². The Morgan fingerprint density at radius 2 is 1.80 bits per heavy atom. The number of nitrogens with one attached hydrogen (secondary N) is 2. The van der Waals surface area contributed by atoms with E-state index in [9.17, 15) is 14.0 Å². The van der Waals surface area contributed by atoms with Crippen molar-refractivity contribution in [2.75, 3.05) is 6.54 Å². The normalized spacial score (nSPS) is 11.0. The highest BCUT2D eigenvalue weighted by molar-refractivity contribution is 5.82. The highest BCUT2D eigenvalue weighted by Gasteiger charge is 2.17. The number of alkyl carbamates (subject to hydrolysis) is 1. The second kappa shape index (κ2) is 9.03. The molecule has 0 heterocycles. The van der Waals surface area contributed by atoms with Gasteiger partial charge in [-0.1, -0.05) is 48.5 Å². The molecule has 6 nitrogen and oxygen atoms in total. The van der Waals surface area contributed by atoms with Crippen molar-refractivity contribution in [3.05, 3.63) is 71.5 Å². The molecule has 0 saturated carbocycles. The summed E-state index contributed by atoms with van der Waals surface area (Å²) in [5.74, 6) is -1.23. The number of ether oxygens (including phenoxy) is 1. The fourth-order valence-corrected chi connectivity index (χ4v) is 2.03. The zero-order chi connectivity index (χ0) is 18.1. The molecule has 128 valence electrons. The van der Waals surface area contributed by atoms with Crippen molar-refractivity contribution in [2.45, 2.75) is 12.6 Å². The van der Waals surface area contributed by atoms with Crippen LogP contribution in [0.1, 0.15) is 17.2 Å². The predicted octanol–water partition coefficient (Wildman–Crippen LogP) is 2.43. The first-order chi connectivity index (χ1) is 12.1. The van der Waals surface area contributed by atoms with Gasteiger partial charge in [-0.15, -0.1) is 0 Å². The van der Waals surface area contributed by atoms with Crippen LogP contribution in [-0.4, -0.2) is 18.5 Å². The minimum Gasteiger partial charge on any atom is -0.445 e. The predicted molar refractivity (Wildman–Crippen MR) is 87.5 cm³/mol. The summed E-state index contributed by atoms with van der Waals surface area (Å²) < 4.78 is 18.6. The molecule has 1 unspecified atom stereocenters. The van der Waals surface area contributed by atoms with Gasteiger partial charge < -0.3 is 15.4 Å². The Balaban J connectivity index is 1.78. The van der Waals surface area contributed by atoms with E-state index in [-0.39, 0.29) is 18.7 Å². The molecule has 25 heavy (non-hydrogen) atoms. The summed E-state index contributed by atoms with van der Waals surface area (Å²) in [6, 6.07) is 15.4. The van der Waals surface area contributed by atoms with E-state index < -0.39 is 23.9 Å². The number of benzene rings is 2. The number of carbonyl (C=O) groups is 2. The summed E-state index contributed by atoms with van der Waals surface area (Å²) in [6.45, 7) is -0.315. The zero-order valence-electron chi connectivity index (χ0n) is 13.2. The molecule has 0 radical (unpaired) electrons. The Morgan fingerprint density at radius 3 is 2.48 bits per heavy atom. The van der Waals surface area contributed by atoms with Gasteiger partial charge in [0.15, 0.2) is 0 Å². The summed E-state index contributed by atoms with van der Waals surface area (Å²) in [7, 11) is 0. The number of nitriles is 1. The van der Waals surface area contributed by atoms with Crippen LogP contribution >= 0.6 is 0 Å². The van der Waals surface area contributed by atoms with Gasteiger partial charge >= 0.3 is 6.09 Å². The van der Waals surface area contributed by atoms with E-state index >= 15 is 0 Å². The lowest BCUT2D eigenvalue weighted by Crippen LogP contribution is -2.38. The van der Waals surface area contributed by atoms with Gasteiger partial charge in [-0.25, -0.2) is 9.18 Å².